The molecule has 7 nitrogen and oxygen atoms in total. The summed E-state index contributed by atoms with van der Waals surface area (Å²) < 4.78 is 52.4. The third-order valence-corrected chi connectivity index (χ3v) is 6.13. The highest BCUT2D eigenvalue weighted by atomic mass is 32.2. The lowest BCUT2D eigenvalue weighted by Crippen LogP contribution is -2.10. The van der Waals surface area contributed by atoms with Gasteiger partial charge in [0.2, 0.25) is 0 Å². The molecule has 25 heavy (non-hydrogen) atoms. The van der Waals surface area contributed by atoms with Crippen LogP contribution in [0.2, 0.25) is 0 Å². The second kappa shape index (κ2) is 7.17. The molecule has 9 heteroatoms. The quantitative estimate of drug-likeness (QED) is 0.727. The molecule has 0 unspecified atom stereocenters. The van der Waals surface area contributed by atoms with Crippen molar-refractivity contribution in [2.75, 3.05) is 24.4 Å². The van der Waals surface area contributed by atoms with E-state index in [0.29, 0.717) is 12.2 Å². The van der Waals surface area contributed by atoms with Crippen LogP contribution in [0.4, 0.5) is 5.69 Å². The van der Waals surface area contributed by atoms with Crippen molar-refractivity contribution in [3.63, 3.8) is 0 Å². The Balaban J connectivity index is 2.14. The fourth-order valence-electron chi connectivity index (χ4n) is 2.53. The first kappa shape index (κ1) is 19.5. The average molecular weight is 386 g/mol. The van der Waals surface area contributed by atoms with Crippen molar-refractivity contribution in [2.24, 2.45) is 0 Å². The van der Waals surface area contributed by atoms with Crippen molar-refractivity contribution in [2.45, 2.75) is 36.5 Å². The third-order valence-electron chi connectivity index (χ3n) is 3.88. The fraction of sp³-hybridized carbons (Fsp3) is 0.438. The van der Waals surface area contributed by atoms with Gasteiger partial charge in [-0.25, -0.2) is 16.8 Å². The van der Waals surface area contributed by atoms with E-state index in [1.807, 2.05) is 13.8 Å². The van der Waals surface area contributed by atoms with Gasteiger partial charge in [0.25, 0.3) is 0 Å². The highest BCUT2D eigenvalue weighted by molar-refractivity contribution is 7.91. The van der Waals surface area contributed by atoms with E-state index in [2.05, 4.69) is 10.5 Å². The number of hydrogen-bond acceptors (Lipinski definition) is 7. The summed E-state index contributed by atoms with van der Waals surface area (Å²) in [6, 6.07) is 4.09. The second-order valence-corrected chi connectivity index (χ2v) is 10.0. The van der Waals surface area contributed by atoms with E-state index in [0.717, 1.165) is 42.4 Å². The van der Waals surface area contributed by atoms with Gasteiger partial charge in [-0.05, 0) is 44.9 Å². The van der Waals surface area contributed by atoms with Crippen LogP contribution >= 0.6 is 0 Å². The number of nitrogens with one attached hydrogen (secondary N) is 1. The number of anilines is 1. The molecule has 0 saturated heterocycles. The molecule has 0 aliphatic carbocycles. The summed E-state index contributed by atoms with van der Waals surface area (Å²) in [5, 5.41) is 6.98. The molecule has 1 heterocycles. The maximum absolute atomic E-state index is 12.0. The summed E-state index contributed by atoms with van der Waals surface area (Å²) in [6.45, 7) is 4.27. The van der Waals surface area contributed by atoms with E-state index in [1.54, 1.807) is 0 Å². The molecule has 0 aliphatic rings. The summed E-state index contributed by atoms with van der Waals surface area (Å²) in [5.74, 6) is 0.784. The van der Waals surface area contributed by atoms with Crippen molar-refractivity contribution < 1.29 is 21.4 Å². The minimum absolute atomic E-state index is 0.0193. The minimum atomic E-state index is -3.56. The van der Waals surface area contributed by atoms with E-state index in [4.69, 9.17) is 4.52 Å². The molecular formula is C16H22N2O5S2. The first-order valence-electron chi connectivity index (χ1n) is 7.70. The number of nitrogens with zero attached hydrogens (tertiary/aromatic N) is 1. The van der Waals surface area contributed by atoms with Crippen LogP contribution in [0.15, 0.2) is 32.5 Å². The van der Waals surface area contributed by atoms with Gasteiger partial charge >= 0.3 is 0 Å². The number of sulfone groups is 2. The summed E-state index contributed by atoms with van der Waals surface area (Å²) in [6.07, 6.45) is 3.61. The molecule has 1 N–H and O–H groups in total. The van der Waals surface area contributed by atoms with Gasteiger partial charge in [0, 0.05) is 24.6 Å². The Kier molecular flexibility index (Phi) is 5.58. The van der Waals surface area contributed by atoms with Crippen molar-refractivity contribution in [1.29, 1.82) is 0 Å². The first-order chi connectivity index (χ1) is 11.5. The number of aryl methyl sites for hydroxylation is 2. The maximum Gasteiger partial charge on any atom is 0.177 e. The van der Waals surface area contributed by atoms with Crippen LogP contribution in [0, 0.1) is 13.8 Å². The zero-order chi connectivity index (χ0) is 18.8. The van der Waals surface area contributed by atoms with Crippen molar-refractivity contribution >= 4 is 25.4 Å². The SMILES string of the molecule is Cc1noc(C)c1CCCNc1ccc(S(C)(=O)=O)cc1S(C)(=O)=O. The van der Waals surface area contributed by atoms with Gasteiger partial charge in [0.05, 0.1) is 21.2 Å². The molecule has 2 rings (SSSR count). The Hall–Kier alpha value is -1.87. The molecule has 0 atom stereocenters. The minimum Gasteiger partial charge on any atom is -0.384 e. The predicted molar refractivity (Wildman–Crippen MR) is 95.4 cm³/mol. The monoisotopic (exact) mass is 386 g/mol. The maximum atomic E-state index is 12.0. The Morgan fingerprint density at radius 3 is 2.28 bits per heavy atom. The van der Waals surface area contributed by atoms with Crippen LogP contribution in [0.5, 0.6) is 0 Å². The van der Waals surface area contributed by atoms with Crippen LogP contribution < -0.4 is 5.32 Å². The number of benzene rings is 1. The molecule has 138 valence electrons. The molecule has 0 radical (unpaired) electrons. The summed E-state index contributed by atoms with van der Waals surface area (Å²) in [5.41, 5.74) is 2.30. The number of hydrogen-bond donors (Lipinski definition) is 1. The standard InChI is InChI=1S/C16H22N2O5S2/c1-11-14(12(2)23-18-11)6-5-9-17-15-8-7-13(24(3,19)20)10-16(15)25(4,21)22/h7-8,10,17H,5-6,9H2,1-4H3. The van der Waals surface area contributed by atoms with Crippen LogP contribution in [-0.4, -0.2) is 41.0 Å². The zero-order valence-corrected chi connectivity index (χ0v) is 16.3. The molecule has 0 aliphatic heterocycles. The van der Waals surface area contributed by atoms with Gasteiger partial charge < -0.3 is 9.84 Å². The average Bonchev–Trinajstić information content (AvgIpc) is 2.81. The lowest BCUT2D eigenvalue weighted by molar-refractivity contribution is 0.392. The van der Waals surface area contributed by atoms with Crippen LogP contribution in [0.3, 0.4) is 0 Å². The topological polar surface area (TPSA) is 106 Å². The summed E-state index contributed by atoms with van der Waals surface area (Å²) >= 11 is 0. The highest BCUT2D eigenvalue weighted by Gasteiger charge is 2.18. The van der Waals surface area contributed by atoms with Crippen LogP contribution in [0.25, 0.3) is 0 Å². The molecule has 2 aromatic rings. The number of aromatic nitrogens is 1. The van der Waals surface area contributed by atoms with Gasteiger partial charge in [-0.1, -0.05) is 5.16 Å². The Labute approximate surface area is 148 Å². The molecule has 1 aromatic heterocycles. The predicted octanol–water partition coefficient (Wildman–Crippen LogP) is 2.14. The molecule has 1 aromatic carbocycles. The highest BCUT2D eigenvalue weighted by Crippen LogP contribution is 2.25. The van der Waals surface area contributed by atoms with E-state index in [-0.39, 0.29) is 9.79 Å². The third kappa shape index (κ3) is 4.82. The van der Waals surface area contributed by atoms with E-state index in [1.165, 1.54) is 18.2 Å². The van der Waals surface area contributed by atoms with E-state index >= 15 is 0 Å². The normalized spacial score (nSPS) is 12.3. The molecular weight excluding hydrogens is 364 g/mol. The van der Waals surface area contributed by atoms with Crippen molar-refractivity contribution in [3.8, 4) is 0 Å². The fourth-order valence-corrected chi connectivity index (χ4v) is 4.14. The number of rotatable bonds is 7. The van der Waals surface area contributed by atoms with E-state index < -0.39 is 19.7 Å². The first-order valence-corrected chi connectivity index (χ1v) is 11.5. The molecule has 0 fully saturated rings. The summed E-state index contributed by atoms with van der Waals surface area (Å²) in [4.78, 5) is -0.0399. The molecule has 0 amide bonds. The lowest BCUT2D eigenvalue weighted by atomic mass is 10.1. The second-order valence-electron chi connectivity index (χ2n) is 6.04. The zero-order valence-electron chi connectivity index (χ0n) is 14.7. The molecule has 0 spiro atoms. The van der Waals surface area contributed by atoms with Gasteiger partial charge in [0.1, 0.15) is 5.76 Å². The lowest BCUT2D eigenvalue weighted by Gasteiger charge is -2.12. The van der Waals surface area contributed by atoms with Gasteiger partial charge in [-0.3, -0.25) is 0 Å². The molecule has 0 saturated carbocycles. The summed E-state index contributed by atoms with van der Waals surface area (Å²) in [7, 11) is -7.04. The largest absolute Gasteiger partial charge is 0.384 e. The Morgan fingerprint density at radius 2 is 1.76 bits per heavy atom. The van der Waals surface area contributed by atoms with Crippen LogP contribution in [-0.2, 0) is 26.1 Å². The molecule has 0 bridgehead atoms. The van der Waals surface area contributed by atoms with E-state index in [9.17, 15) is 16.8 Å². The Bertz CT molecular complexity index is 956. The van der Waals surface area contributed by atoms with Gasteiger partial charge in [-0.15, -0.1) is 0 Å². The Morgan fingerprint density at radius 1 is 1.08 bits per heavy atom. The van der Waals surface area contributed by atoms with Crippen LogP contribution in [0.1, 0.15) is 23.4 Å². The van der Waals surface area contributed by atoms with Gasteiger partial charge in [0.15, 0.2) is 19.7 Å². The van der Waals surface area contributed by atoms with Gasteiger partial charge in [-0.2, -0.15) is 0 Å². The van der Waals surface area contributed by atoms with Crippen molar-refractivity contribution in [3.05, 3.63) is 35.2 Å². The smallest absolute Gasteiger partial charge is 0.177 e. The van der Waals surface area contributed by atoms with Crippen molar-refractivity contribution in [1.82, 2.24) is 5.16 Å².